The van der Waals surface area contributed by atoms with Crippen molar-refractivity contribution in [1.82, 2.24) is 10.6 Å². The summed E-state index contributed by atoms with van der Waals surface area (Å²) in [7, 11) is -4.76. The van der Waals surface area contributed by atoms with Gasteiger partial charge in [0.1, 0.15) is 6.04 Å². The topological polar surface area (TPSA) is 92.3 Å². The van der Waals surface area contributed by atoms with Crippen LogP contribution in [0.25, 0.3) is 0 Å². The quantitative estimate of drug-likeness (QED) is 0.779. The van der Waals surface area contributed by atoms with Gasteiger partial charge in [-0.05, 0) is 24.1 Å². The van der Waals surface area contributed by atoms with E-state index in [1.54, 1.807) is 6.07 Å². The first-order valence-electron chi connectivity index (χ1n) is 5.97. The van der Waals surface area contributed by atoms with E-state index in [1.807, 2.05) is 0 Å². The first-order chi connectivity index (χ1) is 9.36. The molecule has 1 fully saturated rings. The van der Waals surface area contributed by atoms with E-state index >= 15 is 0 Å². The van der Waals surface area contributed by atoms with Crippen molar-refractivity contribution < 1.29 is 21.9 Å². The molecule has 0 radical (unpaired) electrons. The van der Waals surface area contributed by atoms with Gasteiger partial charge in [-0.3, -0.25) is 9.59 Å². The molecule has 1 heterocycles. The fourth-order valence-electron chi connectivity index (χ4n) is 1.93. The highest BCUT2D eigenvalue weighted by Gasteiger charge is 2.26. The van der Waals surface area contributed by atoms with Crippen molar-refractivity contribution >= 4 is 22.0 Å². The summed E-state index contributed by atoms with van der Waals surface area (Å²) in [5.41, 5.74) is 0.460. The molecule has 1 saturated heterocycles. The summed E-state index contributed by atoms with van der Waals surface area (Å²) in [4.78, 5) is 22.3. The van der Waals surface area contributed by atoms with Crippen molar-refractivity contribution in [2.24, 2.45) is 0 Å². The molecule has 0 unspecified atom stereocenters. The first-order valence-corrected chi connectivity index (χ1v) is 7.35. The summed E-state index contributed by atoms with van der Waals surface area (Å²) < 4.78 is 34.4. The molecule has 0 aromatic heterocycles. The van der Waals surface area contributed by atoms with E-state index in [2.05, 4.69) is 10.6 Å². The van der Waals surface area contributed by atoms with E-state index in [0.717, 1.165) is 12.1 Å². The van der Waals surface area contributed by atoms with E-state index in [4.69, 9.17) is 0 Å². The van der Waals surface area contributed by atoms with Gasteiger partial charge >= 0.3 is 10.2 Å². The Morgan fingerprint density at radius 2 is 2.20 bits per heavy atom. The van der Waals surface area contributed by atoms with Crippen LogP contribution >= 0.6 is 0 Å². The number of benzene rings is 1. The molecule has 2 rings (SSSR count). The second-order valence-electron chi connectivity index (χ2n) is 4.46. The van der Waals surface area contributed by atoms with E-state index in [0.29, 0.717) is 18.4 Å². The zero-order chi connectivity index (χ0) is 14.8. The van der Waals surface area contributed by atoms with Crippen LogP contribution in [-0.2, 0) is 26.4 Å². The van der Waals surface area contributed by atoms with Crippen LogP contribution in [0.3, 0.4) is 0 Å². The minimum Gasteiger partial charge on any atom is -0.350 e. The van der Waals surface area contributed by atoms with Crippen LogP contribution in [0.5, 0.6) is 0 Å². The van der Waals surface area contributed by atoms with Crippen molar-refractivity contribution in [3.8, 4) is 0 Å². The van der Waals surface area contributed by atoms with Gasteiger partial charge in [0.15, 0.2) is 0 Å². The Morgan fingerprint density at radius 3 is 2.80 bits per heavy atom. The largest absolute Gasteiger partial charge is 0.350 e. The Morgan fingerprint density at radius 1 is 1.45 bits per heavy atom. The fraction of sp³-hybridized carbons (Fsp3) is 0.333. The third-order valence-corrected chi connectivity index (χ3v) is 3.78. The van der Waals surface area contributed by atoms with Gasteiger partial charge in [-0.25, -0.2) is 0 Å². The molecule has 20 heavy (non-hydrogen) atoms. The second-order valence-corrected chi connectivity index (χ2v) is 5.81. The normalized spacial score (nSPS) is 18.6. The van der Waals surface area contributed by atoms with Crippen LogP contribution in [0, 0.1) is 0 Å². The molecule has 0 saturated carbocycles. The summed E-state index contributed by atoms with van der Waals surface area (Å²) in [6.07, 6.45) is 0.747. The Labute approximate surface area is 115 Å². The van der Waals surface area contributed by atoms with Crippen molar-refractivity contribution in [2.45, 2.75) is 30.3 Å². The second kappa shape index (κ2) is 5.58. The van der Waals surface area contributed by atoms with E-state index in [9.17, 15) is 21.9 Å². The van der Waals surface area contributed by atoms with E-state index in [-0.39, 0.29) is 18.4 Å². The van der Waals surface area contributed by atoms with Gasteiger partial charge in [-0.2, -0.15) is 8.42 Å². The Hall–Kier alpha value is -1.96. The molecule has 1 aliphatic heterocycles. The molecule has 108 valence electrons. The average Bonchev–Trinajstić information content (AvgIpc) is 2.82. The number of rotatable bonds is 4. The van der Waals surface area contributed by atoms with Gasteiger partial charge in [0, 0.05) is 13.0 Å². The number of halogens is 1. The van der Waals surface area contributed by atoms with Crippen molar-refractivity contribution in [1.29, 1.82) is 0 Å². The molecule has 1 atom stereocenters. The third-order valence-electron chi connectivity index (χ3n) is 2.96. The fourth-order valence-corrected chi connectivity index (χ4v) is 2.46. The monoisotopic (exact) mass is 300 g/mol. The minimum absolute atomic E-state index is 0.0641. The van der Waals surface area contributed by atoms with Crippen LogP contribution < -0.4 is 10.6 Å². The summed E-state index contributed by atoms with van der Waals surface area (Å²) >= 11 is 0. The highest BCUT2D eigenvalue weighted by Crippen LogP contribution is 2.14. The van der Waals surface area contributed by atoms with Crippen LogP contribution in [0.4, 0.5) is 3.89 Å². The summed E-state index contributed by atoms with van der Waals surface area (Å²) in [5.74, 6) is -0.514. The number of hydrogen-bond donors (Lipinski definition) is 2. The molecule has 6 nitrogen and oxygen atoms in total. The molecule has 8 heteroatoms. The molecule has 1 aliphatic rings. The lowest BCUT2D eigenvalue weighted by molar-refractivity contribution is -0.125. The molecular weight excluding hydrogens is 287 g/mol. The van der Waals surface area contributed by atoms with Gasteiger partial charge in [-0.15, -0.1) is 3.89 Å². The zero-order valence-electron chi connectivity index (χ0n) is 10.4. The summed E-state index contributed by atoms with van der Waals surface area (Å²) in [5, 5.41) is 5.09. The molecule has 0 bridgehead atoms. The lowest BCUT2D eigenvalue weighted by Crippen LogP contribution is -2.41. The number of nitrogens with one attached hydrogen (secondary N) is 2. The highest BCUT2D eigenvalue weighted by molar-refractivity contribution is 7.86. The average molecular weight is 300 g/mol. The van der Waals surface area contributed by atoms with Crippen molar-refractivity contribution in [3.63, 3.8) is 0 Å². The smallest absolute Gasteiger partial charge is 0.332 e. The van der Waals surface area contributed by atoms with Crippen LogP contribution in [-0.4, -0.2) is 26.3 Å². The molecule has 2 N–H and O–H groups in total. The summed E-state index contributed by atoms with van der Waals surface area (Å²) in [6.45, 7) is 0.0641. The van der Waals surface area contributed by atoms with Gasteiger partial charge in [-0.1, -0.05) is 12.1 Å². The van der Waals surface area contributed by atoms with E-state index in [1.165, 1.54) is 6.07 Å². The van der Waals surface area contributed by atoms with E-state index < -0.39 is 21.2 Å². The highest BCUT2D eigenvalue weighted by atomic mass is 32.3. The molecular formula is C12H13FN2O4S. The van der Waals surface area contributed by atoms with Crippen LogP contribution in [0.15, 0.2) is 29.2 Å². The predicted octanol–water partition coefficient (Wildman–Crippen LogP) is 0.240. The minimum atomic E-state index is -4.76. The van der Waals surface area contributed by atoms with Crippen molar-refractivity contribution in [2.75, 3.05) is 0 Å². The maximum Gasteiger partial charge on any atom is 0.332 e. The van der Waals surface area contributed by atoms with Crippen LogP contribution in [0.1, 0.15) is 18.4 Å². The van der Waals surface area contributed by atoms with Crippen LogP contribution in [0.2, 0.25) is 0 Å². The number of hydrogen-bond acceptors (Lipinski definition) is 4. The van der Waals surface area contributed by atoms with Crippen molar-refractivity contribution in [3.05, 3.63) is 29.8 Å². The molecule has 1 aromatic carbocycles. The predicted molar refractivity (Wildman–Crippen MR) is 67.7 cm³/mol. The molecule has 2 amide bonds. The third kappa shape index (κ3) is 3.53. The lowest BCUT2D eigenvalue weighted by atomic mass is 10.2. The molecule has 0 aliphatic carbocycles. The van der Waals surface area contributed by atoms with Gasteiger partial charge < -0.3 is 10.6 Å². The van der Waals surface area contributed by atoms with Gasteiger partial charge in [0.05, 0.1) is 4.90 Å². The van der Waals surface area contributed by atoms with Gasteiger partial charge in [0.2, 0.25) is 11.8 Å². The Kier molecular flexibility index (Phi) is 4.03. The maximum atomic E-state index is 12.8. The number of carbonyl (C=O) groups excluding carboxylic acids is 2. The molecule has 0 spiro atoms. The standard InChI is InChI=1S/C12H13FN2O4S/c13-20(18,19)9-3-1-2-8(6-9)7-14-12(17)10-4-5-11(16)15-10/h1-3,6,10H,4-5,7H2,(H,14,17)(H,15,16)/t10-/m1/s1. The first kappa shape index (κ1) is 14.4. The Balaban J connectivity index is 1.97. The lowest BCUT2D eigenvalue weighted by Gasteiger charge is -2.11. The number of carbonyl (C=O) groups is 2. The SMILES string of the molecule is O=C1CC[C@H](C(=O)NCc2cccc(S(=O)(=O)F)c2)N1. The number of amides is 2. The maximum absolute atomic E-state index is 12.8. The summed E-state index contributed by atoms with van der Waals surface area (Å²) in [6, 6.07) is 4.70. The Bertz CT molecular complexity index is 645. The van der Waals surface area contributed by atoms with Gasteiger partial charge in [0.25, 0.3) is 0 Å². The zero-order valence-corrected chi connectivity index (χ0v) is 11.2. The molecule has 1 aromatic rings.